The van der Waals surface area contributed by atoms with E-state index in [1.807, 2.05) is 35.2 Å². The van der Waals surface area contributed by atoms with Crippen molar-refractivity contribution >= 4 is 5.91 Å². The van der Waals surface area contributed by atoms with E-state index in [9.17, 15) is 9.90 Å². The van der Waals surface area contributed by atoms with Gasteiger partial charge in [-0.1, -0.05) is 24.3 Å². The molecule has 7 nitrogen and oxygen atoms in total. The Bertz CT molecular complexity index is 1110. The van der Waals surface area contributed by atoms with Crippen molar-refractivity contribution in [2.75, 3.05) is 0 Å². The normalized spacial score (nSPS) is 17.3. The van der Waals surface area contributed by atoms with Crippen LogP contribution < -0.4 is 0 Å². The molecule has 3 aromatic rings. The van der Waals surface area contributed by atoms with Gasteiger partial charge >= 0.3 is 0 Å². The number of nitrogens with zero attached hydrogens (tertiary/aromatic N) is 4. The van der Waals surface area contributed by atoms with Crippen molar-refractivity contribution in [2.24, 2.45) is 5.92 Å². The average molecular weight is 404 g/mol. The fourth-order valence-electron chi connectivity index (χ4n) is 4.55. The minimum Gasteiger partial charge on any atom is -0.420 e. The zero-order chi connectivity index (χ0) is 21.0. The summed E-state index contributed by atoms with van der Waals surface area (Å²) < 4.78 is 5.44. The van der Waals surface area contributed by atoms with Gasteiger partial charge in [-0.25, -0.2) is 0 Å². The van der Waals surface area contributed by atoms with Crippen molar-refractivity contribution in [3.63, 3.8) is 0 Å². The maximum atomic E-state index is 13.5. The molecule has 3 heterocycles. The van der Waals surface area contributed by atoms with Gasteiger partial charge in [0, 0.05) is 25.2 Å². The van der Waals surface area contributed by atoms with Gasteiger partial charge in [-0.3, -0.25) is 9.78 Å². The van der Waals surface area contributed by atoms with Crippen molar-refractivity contribution in [3.05, 3.63) is 53.5 Å². The van der Waals surface area contributed by atoms with Crippen LogP contribution in [0.15, 0.2) is 40.9 Å². The van der Waals surface area contributed by atoms with E-state index in [2.05, 4.69) is 15.2 Å². The second kappa shape index (κ2) is 6.74. The molecule has 1 unspecified atom stereocenters. The second-order valence-electron chi connectivity index (χ2n) is 8.77. The van der Waals surface area contributed by atoms with Gasteiger partial charge in [-0.2, -0.15) is 0 Å². The molecule has 0 bridgehead atoms. The van der Waals surface area contributed by atoms with Crippen molar-refractivity contribution in [3.8, 4) is 22.7 Å². The molecule has 7 heteroatoms. The number of aromatic nitrogens is 3. The largest absolute Gasteiger partial charge is 0.420 e. The number of benzene rings is 1. The third-order valence-corrected chi connectivity index (χ3v) is 5.91. The zero-order valence-electron chi connectivity index (χ0n) is 17.3. The minimum absolute atomic E-state index is 0.0174. The Morgan fingerprint density at radius 1 is 1.20 bits per heavy atom. The molecule has 154 valence electrons. The van der Waals surface area contributed by atoms with E-state index >= 15 is 0 Å². The molecule has 1 saturated carbocycles. The highest BCUT2D eigenvalue weighted by molar-refractivity contribution is 6.04. The Kier molecular flexibility index (Phi) is 4.25. The molecule has 1 aliphatic carbocycles. The van der Waals surface area contributed by atoms with Crippen molar-refractivity contribution < 1.29 is 14.3 Å². The van der Waals surface area contributed by atoms with E-state index < -0.39 is 5.60 Å². The first-order chi connectivity index (χ1) is 14.3. The van der Waals surface area contributed by atoms with Gasteiger partial charge in [0.25, 0.3) is 11.8 Å². The van der Waals surface area contributed by atoms with E-state index in [4.69, 9.17) is 4.42 Å². The highest BCUT2D eigenvalue weighted by Gasteiger charge is 2.48. The molecule has 1 aliphatic heterocycles. The Labute approximate surface area is 174 Å². The lowest BCUT2D eigenvalue weighted by atomic mass is 9.93. The van der Waals surface area contributed by atoms with Crippen molar-refractivity contribution in [2.45, 2.75) is 51.8 Å². The topological polar surface area (TPSA) is 92.4 Å². The van der Waals surface area contributed by atoms with E-state index in [0.717, 1.165) is 29.5 Å². The maximum absolute atomic E-state index is 13.5. The fraction of sp³-hybridized carbons (Fsp3) is 0.391. The molecule has 2 aliphatic rings. The van der Waals surface area contributed by atoms with Gasteiger partial charge in [0.1, 0.15) is 5.69 Å². The molecule has 1 amide bonds. The molecule has 2 aromatic heterocycles. The molecule has 5 rings (SSSR count). The molecule has 1 fully saturated rings. The quantitative estimate of drug-likeness (QED) is 0.698. The van der Waals surface area contributed by atoms with E-state index in [1.54, 1.807) is 27.0 Å². The lowest BCUT2D eigenvalue weighted by Crippen LogP contribution is -2.51. The van der Waals surface area contributed by atoms with Crippen LogP contribution in [0.3, 0.4) is 0 Å². The number of fused-ring (bicyclic) bond motifs is 1. The lowest BCUT2D eigenvalue weighted by Gasteiger charge is -2.37. The Morgan fingerprint density at radius 2 is 2.00 bits per heavy atom. The minimum atomic E-state index is -0.940. The lowest BCUT2D eigenvalue weighted by molar-refractivity contribution is -0.0224. The van der Waals surface area contributed by atoms with Crippen LogP contribution in [0.4, 0.5) is 0 Å². The highest BCUT2D eigenvalue weighted by atomic mass is 16.4. The summed E-state index contributed by atoms with van der Waals surface area (Å²) in [4.78, 5) is 19.8. The Balaban J connectivity index is 1.49. The van der Waals surface area contributed by atoms with Gasteiger partial charge in [0.15, 0.2) is 0 Å². The number of rotatable bonds is 5. The summed E-state index contributed by atoms with van der Waals surface area (Å²) >= 11 is 0. The van der Waals surface area contributed by atoms with Crippen molar-refractivity contribution in [1.29, 1.82) is 0 Å². The Hall–Kier alpha value is -3.06. The van der Waals surface area contributed by atoms with E-state index in [-0.39, 0.29) is 11.9 Å². The number of carbonyl (C=O) groups excluding carboxylic acids is 1. The predicted molar refractivity (Wildman–Crippen MR) is 110 cm³/mol. The first-order valence-corrected chi connectivity index (χ1v) is 10.2. The molecule has 30 heavy (non-hydrogen) atoms. The number of amides is 1. The smallest absolute Gasteiger partial charge is 0.266 e. The van der Waals surface area contributed by atoms with Crippen LogP contribution in [0.2, 0.25) is 0 Å². The van der Waals surface area contributed by atoms with Crippen LogP contribution in [0.1, 0.15) is 48.5 Å². The summed E-state index contributed by atoms with van der Waals surface area (Å²) in [5, 5.41) is 18.6. The number of hydrogen-bond acceptors (Lipinski definition) is 6. The summed E-state index contributed by atoms with van der Waals surface area (Å²) in [6.07, 6.45) is 3.85. The van der Waals surface area contributed by atoms with Crippen LogP contribution >= 0.6 is 0 Å². The number of aryl methyl sites for hydroxylation is 1. The van der Waals surface area contributed by atoms with Crippen LogP contribution in [0, 0.1) is 12.8 Å². The monoisotopic (exact) mass is 404 g/mol. The fourth-order valence-corrected chi connectivity index (χ4v) is 4.55. The van der Waals surface area contributed by atoms with Gasteiger partial charge < -0.3 is 14.4 Å². The summed E-state index contributed by atoms with van der Waals surface area (Å²) in [5.74, 6) is 1.21. The molecule has 1 N–H and O–H groups in total. The summed E-state index contributed by atoms with van der Waals surface area (Å²) in [5.41, 5.74) is 3.05. The van der Waals surface area contributed by atoms with Crippen LogP contribution in [-0.2, 0) is 6.54 Å². The Morgan fingerprint density at radius 3 is 2.60 bits per heavy atom. The molecule has 0 radical (unpaired) electrons. The van der Waals surface area contributed by atoms with Crippen LogP contribution in [0.25, 0.3) is 22.7 Å². The maximum Gasteiger partial charge on any atom is 0.266 e. The molecule has 1 atom stereocenters. The van der Waals surface area contributed by atoms with E-state index in [0.29, 0.717) is 35.5 Å². The molecular formula is C23H24N4O3. The van der Waals surface area contributed by atoms with Crippen LogP contribution in [0.5, 0.6) is 0 Å². The highest BCUT2D eigenvalue weighted by Crippen LogP contribution is 2.44. The van der Waals surface area contributed by atoms with Gasteiger partial charge in [0.2, 0.25) is 5.89 Å². The van der Waals surface area contributed by atoms with Crippen LogP contribution in [-0.4, -0.2) is 42.7 Å². The number of pyridine rings is 1. The standard InChI is InChI=1S/C23H24N4O3/c1-13-25-26-21(30-13)18-10-9-15(11-24-18)17-6-4-5-16-12-27(22(28)19(16)17)20(14-7-8-14)23(2,3)29/h4-6,9-11,14,20,29H,7-8,12H2,1-3H3. The van der Waals surface area contributed by atoms with Gasteiger partial charge in [0.05, 0.1) is 17.2 Å². The van der Waals surface area contributed by atoms with E-state index in [1.165, 1.54) is 0 Å². The number of aliphatic hydroxyl groups is 1. The third kappa shape index (κ3) is 3.19. The predicted octanol–water partition coefficient (Wildman–Crippen LogP) is 3.61. The molecule has 0 spiro atoms. The average Bonchev–Trinajstić information content (AvgIpc) is 3.35. The third-order valence-electron chi connectivity index (χ3n) is 5.91. The molecular weight excluding hydrogens is 380 g/mol. The zero-order valence-corrected chi connectivity index (χ0v) is 17.3. The number of carbonyl (C=O) groups is 1. The first-order valence-electron chi connectivity index (χ1n) is 10.2. The van der Waals surface area contributed by atoms with Gasteiger partial charge in [-0.05, 0) is 49.8 Å². The van der Waals surface area contributed by atoms with Crippen molar-refractivity contribution in [1.82, 2.24) is 20.1 Å². The summed E-state index contributed by atoms with van der Waals surface area (Å²) in [6, 6.07) is 9.48. The second-order valence-corrected chi connectivity index (χ2v) is 8.77. The summed E-state index contributed by atoms with van der Waals surface area (Å²) in [6.45, 7) is 5.86. The molecule has 0 saturated heterocycles. The summed E-state index contributed by atoms with van der Waals surface area (Å²) in [7, 11) is 0. The van der Waals surface area contributed by atoms with Gasteiger partial charge in [-0.15, -0.1) is 10.2 Å². The number of hydrogen-bond donors (Lipinski definition) is 1. The molecule has 1 aromatic carbocycles. The SMILES string of the molecule is Cc1nnc(-c2ccc(-c3cccc4c3C(=O)N(C(C3CC3)C(C)(C)O)C4)cn2)o1. The first kappa shape index (κ1) is 18.9.